The van der Waals surface area contributed by atoms with Crippen molar-refractivity contribution in [3.8, 4) is 10.6 Å². The van der Waals surface area contributed by atoms with E-state index < -0.39 is 0 Å². The van der Waals surface area contributed by atoms with Crippen molar-refractivity contribution in [1.29, 1.82) is 0 Å². The normalized spacial score (nSPS) is 16.1. The molecule has 8 heteroatoms. The van der Waals surface area contributed by atoms with E-state index in [9.17, 15) is 4.79 Å². The summed E-state index contributed by atoms with van der Waals surface area (Å²) in [6.45, 7) is 9.92. The van der Waals surface area contributed by atoms with Gasteiger partial charge >= 0.3 is 0 Å². The molecule has 1 aromatic carbocycles. The van der Waals surface area contributed by atoms with E-state index >= 15 is 0 Å². The number of benzene rings is 1. The number of nitrogens with one attached hydrogen (secondary N) is 2. The summed E-state index contributed by atoms with van der Waals surface area (Å²) >= 11 is 1.54. The lowest BCUT2D eigenvalue weighted by molar-refractivity contribution is -0.120. The summed E-state index contributed by atoms with van der Waals surface area (Å²) < 4.78 is 5.73. The molecule has 1 aromatic heterocycles. The highest BCUT2D eigenvalue weighted by Crippen LogP contribution is 2.39. The van der Waals surface area contributed by atoms with Crippen LogP contribution in [0.5, 0.6) is 0 Å². The Balaban J connectivity index is 1.88. The molecule has 0 spiro atoms. The maximum absolute atomic E-state index is 11.8. The number of hydrogen-bond donors (Lipinski definition) is 3. The second-order valence-electron chi connectivity index (χ2n) is 7.79. The number of aromatic nitrogens is 2. The molecule has 1 aliphatic rings. The molecule has 32 heavy (non-hydrogen) atoms. The van der Waals surface area contributed by atoms with Crippen LogP contribution in [0.2, 0.25) is 0 Å². The van der Waals surface area contributed by atoms with Gasteiger partial charge in [0.05, 0.1) is 24.4 Å². The number of rotatable bonds is 9. The van der Waals surface area contributed by atoms with Gasteiger partial charge in [-0.05, 0) is 50.8 Å². The number of ether oxygens (including phenoxy) is 1. The van der Waals surface area contributed by atoms with Crippen LogP contribution in [-0.2, 0) is 16.0 Å². The Labute approximate surface area is 193 Å². The fourth-order valence-corrected chi connectivity index (χ4v) is 4.71. The number of amides is 1. The molecule has 2 aromatic rings. The van der Waals surface area contributed by atoms with E-state index in [0.717, 1.165) is 45.3 Å². The zero-order chi connectivity index (χ0) is 23.3. The first-order chi connectivity index (χ1) is 15.4. The summed E-state index contributed by atoms with van der Waals surface area (Å²) in [5, 5.41) is 16.8. The fourth-order valence-electron chi connectivity index (χ4n) is 3.77. The SMILES string of the molecule is C=C(OC(C)C)/C(=C\C(=C/C)c1nnc(-c2cccc3c2CC[C@@H]3NC(=O)CN)s1)NC. The summed E-state index contributed by atoms with van der Waals surface area (Å²) in [7, 11) is 1.84. The van der Waals surface area contributed by atoms with Crippen molar-refractivity contribution in [1.82, 2.24) is 20.8 Å². The smallest absolute Gasteiger partial charge is 0.234 e. The molecule has 0 saturated carbocycles. The van der Waals surface area contributed by atoms with Gasteiger partial charge in [0.1, 0.15) is 15.8 Å². The molecule has 0 aliphatic heterocycles. The van der Waals surface area contributed by atoms with E-state index in [1.807, 2.05) is 46.0 Å². The van der Waals surface area contributed by atoms with Gasteiger partial charge in [-0.2, -0.15) is 0 Å². The zero-order valence-corrected chi connectivity index (χ0v) is 19.9. The molecule has 1 amide bonds. The Morgan fingerprint density at radius 2 is 2.19 bits per heavy atom. The molecule has 1 heterocycles. The fraction of sp³-hybridized carbons (Fsp3) is 0.375. The Bertz CT molecular complexity index is 1050. The van der Waals surface area contributed by atoms with Gasteiger partial charge < -0.3 is 21.1 Å². The molecule has 3 rings (SSSR count). The zero-order valence-electron chi connectivity index (χ0n) is 19.1. The van der Waals surface area contributed by atoms with Crippen LogP contribution in [-0.4, -0.2) is 35.8 Å². The third kappa shape index (κ3) is 5.26. The third-order valence-corrected chi connectivity index (χ3v) is 6.26. The summed E-state index contributed by atoms with van der Waals surface area (Å²) in [6.07, 6.45) is 5.75. The van der Waals surface area contributed by atoms with E-state index in [4.69, 9.17) is 10.5 Å². The van der Waals surface area contributed by atoms with Crippen molar-refractivity contribution >= 4 is 22.8 Å². The maximum atomic E-state index is 11.8. The van der Waals surface area contributed by atoms with Crippen LogP contribution in [0.4, 0.5) is 0 Å². The van der Waals surface area contributed by atoms with Crippen LogP contribution in [0, 0.1) is 0 Å². The molecular weight excluding hydrogens is 422 g/mol. The number of nitrogens with zero attached hydrogens (tertiary/aromatic N) is 2. The highest BCUT2D eigenvalue weighted by molar-refractivity contribution is 7.15. The Hall–Kier alpha value is -2.97. The van der Waals surface area contributed by atoms with Crippen LogP contribution in [0.15, 0.2) is 48.4 Å². The van der Waals surface area contributed by atoms with E-state index in [1.165, 1.54) is 5.56 Å². The Morgan fingerprint density at radius 1 is 1.41 bits per heavy atom. The predicted octanol–water partition coefficient (Wildman–Crippen LogP) is 3.71. The first kappa shape index (κ1) is 23.7. The number of carbonyl (C=O) groups is 1. The van der Waals surface area contributed by atoms with E-state index in [2.05, 4.69) is 39.5 Å². The van der Waals surface area contributed by atoms with Gasteiger partial charge in [0.15, 0.2) is 0 Å². The molecule has 4 N–H and O–H groups in total. The second-order valence-corrected chi connectivity index (χ2v) is 8.77. The average Bonchev–Trinajstić information content (AvgIpc) is 3.41. The van der Waals surface area contributed by atoms with Crippen molar-refractivity contribution in [3.05, 3.63) is 64.5 Å². The summed E-state index contributed by atoms with van der Waals surface area (Å²) in [5.41, 5.74) is 10.6. The Kier molecular flexibility index (Phi) is 7.82. The van der Waals surface area contributed by atoms with Gasteiger partial charge in [0.2, 0.25) is 5.91 Å². The molecule has 1 aliphatic carbocycles. The molecule has 0 unspecified atom stereocenters. The number of likely N-dealkylation sites (N-methyl/N-ethyl adjacent to an activating group) is 1. The quantitative estimate of drug-likeness (QED) is 0.395. The van der Waals surface area contributed by atoms with Gasteiger partial charge in [-0.25, -0.2) is 0 Å². The number of carbonyl (C=O) groups excluding carboxylic acids is 1. The molecule has 0 saturated heterocycles. The van der Waals surface area contributed by atoms with Crippen molar-refractivity contribution in [3.63, 3.8) is 0 Å². The van der Waals surface area contributed by atoms with Crippen LogP contribution in [0.1, 0.15) is 49.4 Å². The highest BCUT2D eigenvalue weighted by atomic mass is 32.1. The molecule has 0 bridgehead atoms. The van der Waals surface area contributed by atoms with Crippen molar-refractivity contribution < 1.29 is 9.53 Å². The summed E-state index contributed by atoms with van der Waals surface area (Å²) in [6, 6.07) is 6.13. The second kappa shape index (κ2) is 10.6. The monoisotopic (exact) mass is 453 g/mol. The lowest BCUT2D eigenvalue weighted by Crippen LogP contribution is -2.32. The van der Waals surface area contributed by atoms with E-state index in [0.29, 0.717) is 5.76 Å². The molecular formula is C24H31N5O2S. The molecule has 1 atom stereocenters. The molecule has 170 valence electrons. The minimum atomic E-state index is -0.140. The lowest BCUT2D eigenvalue weighted by Gasteiger charge is -2.15. The van der Waals surface area contributed by atoms with Crippen molar-refractivity contribution in [2.45, 2.75) is 45.8 Å². The number of fused-ring (bicyclic) bond motifs is 1. The van der Waals surface area contributed by atoms with Gasteiger partial charge in [0, 0.05) is 18.2 Å². The third-order valence-electron chi connectivity index (χ3n) is 5.25. The molecule has 0 fully saturated rings. The molecule has 0 radical (unpaired) electrons. The van der Waals surface area contributed by atoms with E-state index in [-0.39, 0.29) is 24.6 Å². The minimum absolute atomic E-state index is 0.00579. The average molecular weight is 454 g/mol. The molecule has 7 nitrogen and oxygen atoms in total. The van der Waals surface area contributed by atoms with Crippen LogP contribution in [0.25, 0.3) is 16.1 Å². The lowest BCUT2D eigenvalue weighted by atomic mass is 10.0. The number of hydrogen-bond acceptors (Lipinski definition) is 7. The van der Waals surface area contributed by atoms with Crippen molar-refractivity contribution in [2.75, 3.05) is 13.6 Å². The minimum Gasteiger partial charge on any atom is -0.489 e. The first-order valence-electron chi connectivity index (χ1n) is 10.7. The number of allylic oxidation sites excluding steroid dienone is 3. The largest absolute Gasteiger partial charge is 0.489 e. The topological polar surface area (TPSA) is 102 Å². The summed E-state index contributed by atoms with van der Waals surface area (Å²) in [4.78, 5) is 11.8. The van der Waals surface area contributed by atoms with Crippen molar-refractivity contribution in [2.24, 2.45) is 5.73 Å². The van der Waals surface area contributed by atoms with Crippen LogP contribution < -0.4 is 16.4 Å². The number of nitrogens with two attached hydrogens (primary N) is 1. The highest BCUT2D eigenvalue weighted by Gasteiger charge is 2.27. The standard InChI is InChI=1S/C24H31N5O2S/c1-6-16(12-21(26-5)15(4)31-14(2)3)23-28-29-24(32-23)19-9-7-8-18-17(19)10-11-20(18)27-22(30)13-25/h6-9,12,14,20,26H,4,10-11,13,25H2,1-3,5H3,(H,27,30)/b16-6+,21-12+/t20-/m0/s1. The van der Waals surface area contributed by atoms with E-state index in [1.54, 1.807) is 11.3 Å². The van der Waals surface area contributed by atoms with Gasteiger partial charge in [-0.1, -0.05) is 42.2 Å². The predicted molar refractivity (Wildman–Crippen MR) is 130 cm³/mol. The van der Waals surface area contributed by atoms with Gasteiger partial charge in [-0.15, -0.1) is 10.2 Å². The van der Waals surface area contributed by atoms with Crippen LogP contribution >= 0.6 is 11.3 Å². The first-order valence-corrected chi connectivity index (χ1v) is 11.6. The van der Waals surface area contributed by atoms with Gasteiger partial charge in [0.25, 0.3) is 0 Å². The van der Waals surface area contributed by atoms with Crippen LogP contribution in [0.3, 0.4) is 0 Å². The van der Waals surface area contributed by atoms with Gasteiger partial charge in [-0.3, -0.25) is 4.79 Å². The Morgan fingerprint density at radius 3 is 2.84 bits per heavy atom. The summed E-state index contributed by atoms with van der Waals surface area (Å²) in [5.74, 6) is 0.442. The maximum Gasteiger partial charge on any atom is 0.234 e.